The van der Waals surface area contributed by atoms with Crippen molar-refractivity contribution in [1.82, 2.24) is 0 Å². The van der Waals surface area contributed by atoms with Crippen molar-refractivity contribution in [3.05, 3.63) is 54.6 Å². The van der Waals surface area contributed by atoms with Crippen molar-refractivity contribution in [3.63, 3.8) is 0 Å². The van der Waals surface area contributed by atoms with E-state index in [2.05, 4.69) is 22.6 Å². The van der Waals surface area contributed by atoms with Gasteiger partial charge in [-0.05, 0) is 18.6 Å². The summed E-state index contributed by atoms with van der Waals surface area (Å²) in [5, 5.41) is 11.5. The maximum atomic E-state index is 13.5. The Hall–Kier alpha value is -0.690. The normalized spacial score (nSPS) is 34.8. The number of aliphatic hydroxyl groups is 1. The molecule has 6 heteroatoms. The molecular formula is C19H23NO2S3. The minimum Gasteiger partial charge on any atom is -0.384 e. The lowest BCUT2D eigenvalue weighted by molar-refractivity contribution is 0.0666. The molecular weight excluding hydrogens is 370 g/mol. The highest BCUT2D eigenvalue weighted by atomic mass is 32.2. The SMILES string of the molecule is CN=[S@](=O)(C[C@]1(O)C=C[C@H]2C=C[C@H]1CC21SCCS1)c1ccccc1. The predicted molar refractivity (Wildman–Crippen MR) is 109 cm³/mol. The van der Waals surface area contributed by atoms with E-state index in [0.717, 1.165) is 6.42 Å². The van der Waals surface area contributed by atoms with Crippen molar-refractivity contribution in [2.24, 2.45) is 16.2 Å². The maximum Gasteiger partial charge on any atom is 0.102 e. The van der Waals surface area contributed by atoms with Crippen molar-refractivity contribution in [1.29, 1.82) is 0 Å². The molecule has 1 spiro atoms. The Bertz CT molecular complexity index is 820. The van der Waals surface area contributed by atoms with E-state index in [1.54, 1.807) is 7.05 Å². The topological polar surface area (TPSA) is 49.7 Å². The fourth-order valence-electron chi connectivity index (χ4n) is 3.99. The molecule has 2 bridgehead atoms. The van der Waals surface area contributed by atoms with Crippen LogP contribution in [0.3, 0.4) is 0 Å². The predicted octanol–water partition coefficient (Wildman–Crippen LogP) is 3.81. The average Bonchev–Trinajstić information content (AvgIpc) is 2.99. The fraction of sp³-hybridized carbons (Fsp3) is 0.474. The summed E-state index contributed by atoms with van der Waals surface area (Å²) in [6.07, 6.45) is 9.33. The number of benzene rings is 1. The van der Waals surface area contributed by atoms with Gasteiger partial charge in [-0.1, -0.05) is 42.5 Å². The largest absolute Gasteiger partial charge is 0.384 e. The number of hydrogen-bond acceptors (Lipinski definition) is 5. The average molecular weight is 394 g/mol. The van der Waals surface area contributed by atoms with E-state index < -0.39 is 15.3 Å². The van der Waals surface area contributed by atoms with Gasteiger partial charge >= 0.3 is 0 Å². The summed E-state index contributed by atoms with van der Waals surface area (Å²) < 4.78 is 17.9. The first-order valence-corrected chi connectivity index (χ1v) is 12.2. The van der Waals surface area contributed by atoms with Gasteiger partial charge in [0.25, 0.3) is 0 Å². The van der Waals surface area contributed by atoms with Crippen LogP contribution in [-0.2, 0) is 9.73 Å². The lowest BCUT2D eigenvalue weighted by Crippen LogP contribution is -2.44. The summed E-state index contributed by atoms with van der Waals surface area (Å²) in [4.78, 5) is 0.696. The second-order valence-electron chi connectivity index (χ2n) is 6.86. The molecule has 1 fully saturated rings. The Morgan fingerprint density at radius 3 is 2.60 bits per heavy atom. The summed E-state index contributed by atoms with van der Waals surface area (Å²) >= 11 is 4.04. The molecule has 1 saturated heterocycles. The molecule has 1 aromatic carbocycles. The second kappa shape index (κ2) is 6.48. The molecule has 1 N–H and O–H groups in total. The molecule has 0 saturated carbocycles. The van der Waals surface area contributed by atoms with E-state index in [4.69, 9.17) is 0 Å². The van der Waals surface area contributed by atoms with Gasteiger partial charge in [-0.25, -0.2) is 8.57 Å². The van der Waals surface area contributed by atoms with Crippen molar-refractivity contribution < 1.29 is 9.32 Å². The van der Waals surface area contributed by atoms with Crippen molar-refractivity contribution >= 4 is 33.3 Å². The first-order valence-electron chi connectivity index (χ1n) is 8.56. The standard InChI is InChI=1S/C19H23NO2S3/c1-20-25(22,17-5-3-2-4-6-17)14-18(21)10-9-15-7-8-16(18)13-19(15)23-11-12-24-19/h2-10,15-16,21H,11-14H2,1H3/t15-,16+,18-,25+/m1/s1. The molecule has 0 unspecified atom stereocenters. The van der Waals surface area contributed by atoms with E-state index in [0.29, 0.717) is 10.8 Å². The second-order valence-corrected chi connectivity index (χ2v) is 12.4. The Morgan fingerprint density at radius 1 is 1.20 bits per heavy atom. The molecule has 1 aliphatic heterocycles. The molecule has 3 nitrogen and oxygen atoms in total. The van der Waals surface area contributed by atoms with Crippen LogP contribution in [0, 0.1) is 11.8 Å². The molecule has 3 aliphatic carbocycles. The van der Waals surface area contributed by atoms with Gasteiger partial charge in [0, 0.05) is 35.3 Å². The molecule has 0 aromatic heterocycles. The van der Waals surface area contributed by atoms with Crippen LogP contribution in [0.5, 0.6) is 0 Å². The Morgan fingerprint density at radius 2 is 1.92 bits per heavy atom. The smallest absolute Gasteiger partial charge is 0.102 e. The quantitative estimate of drug-likeness (QED) is 0.794. The molecule has 4 aliphatic rings. The Labute approximate surface area is 158 Å². The zero-order valence-corrected chi connectivity index (χ0v) is 16.7. The summed E-state index contributed by atoms with van der Waals surface area (Å²) in [6.45, 7) is 0. The molecule has 0 radical (unpaired) electrons. The molecule has 25 heavy (non-hydrogen) atoms. The van der Waals surface area contributed by atoms with Crippen LogP contribution < -0.4 is 0 Å². The number of fused-ring (bicyclic) bond motifs is 1. The zero-order chi connectivity index (χ0) is 17.5. The van der Waals surface area contributed by atoms with E-state index in [1.165, 1.54) is 11.5 Å². The van der Waals surface area contributed by atoms with Crippen LogP contribution in [-0.4, -0.2) is 43.3 Å². The van der Waals surface area contributed by atoms with Crippen LogP contribution in [0.15, 0.2) is 63.9 Å². The van der Waals surface area contributed by atoms with Crippen molar-refractivity contribution in [3.8, 4) is 0 Å². The van der Waals surface area contributed by atoms with Gasteiger partial charge in [0.1, 0.15) is 5.60 Å². The summed E-state index contributed by atoms with van der Waals surface area (Å²) in [5.41, 5.74) is -1.12. The lowest BCUT2D eigenvalue weighted by Gasteiger charge is -2.40. The highest BCUT2D eigenvalue weighted by molar-refractivity contribution is 8.21. The molecule has 1 heterocycles. The van der Waals surface area contributed by atoms with Crippen LogP contribution in [0.4, 0.5) is 0 Å². The molecule has 1 aromatic rings. The number of nitrogens with zero attached hydrogens (tertiary/aromatic N) is 1. The summed E-state index contributed by atoms with van der Waals surface area (Å²) in [6, 6.07) is 9.34. The zero-order valence-electron chi connectivity index (χ0n) is 14.2. The minimum absolute atomic E-state index is 0.0214. The number of rotatable bonds is 3. The van der Waals surface area contributed by atoms with Gasteiger partial charge < -0.3 is 5.11 Å². The fourth-order valence-corrected chi connectivity index (χ4v) is 9.51. The third kappa shape index (κ3) is 3.01. The minimum atomic E-state index is -2.66. The van der Waals surface area contributed by atoms with Gasteiger partial charge in [-0.15, -0.1) is 23.5 Å². The van der Waals surface area contributed by atoms with Gasteiger partial charge in [0.15, 0.2) is 0 Å². The van der Waals surface area contributed by atoms with E-state index in [-0.39, 0.29) is 15.7 Å². The van der Waals surface area contributed by atoms with Crippen LogP contribution in [0.25, 0.3) is 0 Å². The number of allylic oxidation sites excluding steroid dienone is 2. The van der Waals surface area contributed by atoms with E-state index >= 15 is 0 Å². The number of hydrogen-bond donors (Lipinski definition) is 1. The van der Waals surface area contributed by atoms with Crippen LogP contribution >= 0.6 is 23.5 Å². The van der Waals surface area contributed by atoms with Gasteiger partial charge in [-0.3, -0.25) is 0 Å². The molecule has 134 valence electrons. The molecule has 0 amide bonds. The van der Waals surface area contributed by atoms with Crippen LogP contribution in [0.1, 0.15) is 6.42 Å². The first-order chi connectivity index (χ1) is 12.0. The van der Waals surface area contributed by atoms with Crippen molar-refractivity contribution in [2.45, 2.75) is 21.0 Å². The first kappa shape index (κ1) is 17.7. The molecule has 5 rings (SSSR count). The van der Waals surface area contributed by atoms with E-state index in [1.807, 2.05) is 59.9 Å². The van der Waals surface area contributed by atoms with Gasteiger partial charge in [-0.2, -0.15) is 0 Å². The Kier molecular flexibility index (Phi) is 4.59. The highest BCUT2D eigenvalue weighted by Gasteiger charge is 2.51. The van der Waals surface area contributed by atoms with E-state index in [9.17, 15) is 9.32 Å². The Balaban J connectivity index is 1.69. The third-order valence-corrected chi connectivity index (χ3v) is 11.5. The van der Waals surface area contributed by atoms with Gasteiger partial charge in [0.2, 0.25) is 0 Å². The van der Waals surface area contributed by atoms with Crippen molar-refractivity contribution in [2.75, 3.05) is 24.3 Å². The highest BCUT2D eigenvalue weighted by Crippen LogP contribution is 2.58. The summed E-state index contributed by atoms with van der Waals surface area (Å²) in [5.74, 6) is 2.79. The molecule has 4 atom stereocenters. The summed E-state index contributed by atoms with van der Waals surface area (Å²) in [7, 11) is -1.07. The number of thioether (sulfide) groups is 2. The monoisotopic (exact) mass is 393 g/mol. The lowest BCUT2D eigenvalue weighted by atomic mass is 9.82. The third-order valence-electron chi connectivity index (χ3n) is 5.41. The van der Waals surface area contributed by atoms with Crippen LogP contribution in [0.2, 0.25) is 0 Å². The maximum absolute atomic E-state index is 13.5. The van der Waals surface area contributed by atoms with Gasteiger partial charge in [0.05, 0.1) is 19.6 Å².